The first-order chi connectivity index (χ1) is 11.8. The Morgan fingerprint density at radius 1 is 0.708 bits per heavy atom. The summed E-state index contributed by atoms with van der Waals surface area (Å²) in [6.07, 6.45) is 1.86. The fraction of sp³-hybridized carbons (Fsp3) is 0.0500. The molecule has 0 saturated carbocycles. The molecule has 0 unspecified atom stereocenters. The van der Waals surface area contributed by atoms with E-state index in [0.717, 1.165) is 49.5 Å². The van der Waals surface area contributed by atoms with E-state index >= 15 is 0 Å². The van der Waals surface area contributed by atoms with E-state index < -0.39 is 0 Å². The fourth-order valence-electron chi connectivity index (χ4n) is 3.10. The summed E-state index contributed by atoms with van der Waals surface area (Å²) in [4.78, 5) is 14.2. The third-order valence-corrected chi connectivity index (χ3v) is 4.32. The van der Waals surface area contributed by atoms with Crippen LogP contribution in [0.4, 0.5) is 0 Å². The van der Waals surface area contributed by atoms with Crippen LogP contribution in [-0.4, -0.2) is 22.1 Å². The third-order valence-electron chi connectivity index (χ3n) is 4.32. The van der Waals surface area contributed by atoms with Gasteiger partial charge in [-0.3, -0.25) is 4.98 Å². The van der Waals surface area contributed by atoms with Crippen molar-refractivity contribution < 1.29 is 4.74 Å². The number of fused-ring (bicyclic) bond motifs is 5. The van der Waals surface area contributed by atoms with Gasteiger partial charge in [0.25, 0.3) is 0 Å². The number of methoxy groups -OCH3 is 1. The molecule has 3 aromatic heterocycles. The lowest BCUT2D eigenvalue weighted by Gasteiger charge is -2.07. The molecule has 2 aromatic carbocycles. The summed E-state index contributed by atoms with van der Waals surface area (Å²) < 4.78 is 5.30. The van der Waals surface area contributed by atoms with E-state index in [1.807, 2.05) is 48.7 Å². The predicted octanol–water partition coefficient (Wildman–Crippen LogP) is 4.49. The first kappa shape index (κ1) is 13.2. The largest absolute Gasteiger partial charge is 0.497 e. The SMILES string of the molecule is COc1ccc2nc3c(cnc4cc5ccccc5nc43)cc2c1. The third kappa shape index (κ3) is 1.90. The van der Waals surface area contributed by atoms with Crippen LogP contribution in [0.5, 0.6) is 5.75 Å². The van der Waals surface area contributed by atoms with E-state index in [1.165, 1.54) is 0 Å². The van der Waals surface area contributed by atoms with Crippen molar-refractivity contribution in [3.63, 3.8) is 0 Å². The molecule has 0 aliphatic rings. The summed E-state index contributed by atoms with van der Waals surface area (Å²) in [5.41, 5.74) is 4.45. The second-order valence-electron chi connectivity index (χ2n) is 5.79. The predicted molar refractivity (Wildman–Crippen MR) is 96.4 cm³/mol. The molecular weight excluding hydrogens is 298 g/mol. The first-order valence-corrected chi connectivity index (χ1v) is 7.75. The van der Waals surface area contributed by atoms with Crippen molar-refractivity contribution in [1.29, 1.82) is 0 Å². The van der Waals surface area contributed by atoms with Gasteiger partial charge in [-0.1, -0.05) is 18.2 Å². The fourth-order valence-corrected chi connectivity index (χ4v) is 3.10. The minimum Gasteiger partial charge on any atom is -0.497 e. The van der Waals surface area contributed by atoms with E-state index in [2.05, 4.69) is 17.1 Å². The van der Waals surface area contributed by atoms with Crippen LogP contribution in [0.1, 0.15) is 0 Å². The average Bonchev–Trinajstić information content (AvgIpc) is 2.64. The molecule has 0 atom stereocenters. The molecular formula is C20H13N3O. The molecule has 0 bridgehead atoms. The van der Waals surface area contributed by atoms with Gasteiger partial charge in [0.2, 0.25) is 0 Å². The molecule has 114 valence electrons. The quantitative estimate of drug-likeness (QED) is 0.338. The van der Waals surface area contributed by atoms with Crippen molar-refractivity contribution >= 4 is 43.7 Å². The van der Waals surface area contributed by atoms with Crippen LogP contribution in [0.25, 0.3) is 43.7 Å². The van der Waals surface area contributed by atoms with Crippen molar-refractivity contribution in [3.05, 3.63) is 60.8 Å². The standard InChI is InChI=1S/C20H13N3O/c1-24-15-6-7-17-13(9-15)8-14-11-21-18-10-12-4-2-3-5-16(12)23-20(18)19(14)22-17/h2-11H,1H3. The number of hydrogen-bond acceptors (Lipinski definition) is 4. The molecule has 0 N–H and O–H groups in total. The second kappa shape index (κ2) is 4.86. The Morgan fingerprint density at radius 2 is 1.54 bits per heavy atom. The van der Waals surface area contributed by atoms with Gasteiger partial charge >= 0.3 is 0 Å². The van der Waals surface area contributed by atoms with Crippen molar-refractivity contribution in [2.45, 2.75) is 0 Å². The highest BCUT2D eigenvalue weighted by atomic mass is 16.5. The van der Waals surface area contributed by atoms with Gasteiger partial charge in [0, 0.05) is 22.4 Å². The van der Waals surface area contributed by atoms with Crippen molar-refractivity contribution in [2.24, 2.45) is 0 Å². The highest BCUT2D eigenvalue weighted by Gasteiger charge is 2.09. The Morgan fingerprint density at radius 3 is 2.46 bits per heavy atom. The van der Waals surface area contributed by atoms with Gasteiger partial charge in [0.15, 0.2) is 0 Å². The molecule has 3 heterocycles. The van der Waals surface area contributed by atoms with Gasteiger partial charge in [-0.2, -0.15) is 0 Å². The lowest BCUT2D eigenvalue weighted by atomic mass is 10.1. The van der Waals surface area contributed by atoms with Gasteiger partial charge < -0.3 is 4.74 Å². The molecule has 4 nitrogen and oxygen atoms in total. The average molecular weight is 311 g/mol. The molecule has 0 amide bonds. The van der Waals surface area contributed by atoms with E-state index in [-0.39, 0.29) is 0 Å². The Labute approximate surface area is 137 Å². The maximum absolute atomic E-state index is 5.30. The smallest absolute Gasteiger partial charge is 0.119 e. The maximum Gasteiger partial charge on any atom is 0.119 e. The topological polar surface area (TPSA) is 47.9 Å². The number of pyridine rings is 3. The van der Waals surface area contributed by atoms with Crippen molar-refractivity contribution in [2.75, 3.05) is 7.11 Å². The minimum absolute atomic E-state index is 0.821. The zero-order valence-electron chi connectivity index (χ0n) is 13.0. The van der Waals surface area contributed by atoms with Gasteiger partial charge in [0.1, 0.15) is 16.8 Å². The lowest BCUT2D eigenvalue weighted by Crippen LogP contribution is -1.91. The molecule has 24 heavy (non-hydrogen) atoms. The molecule has 5 aromatic rings. The highest BCUT2D eigenvalue weighted by molar-refractivity contribution is 6.07. The number of hydrogen-bond donors (Lipinski definition) is 0. The van der Waals surface area contributed by atoms with E-state index in [9.17, 15) is 0 Å². The Balaban J connectivity index is 1.91. The first-order valence-electron chi connectivity index (χ1n) is 7.75. The van der Waals surface area contributed by atoms with Crippen LogP contribution in [0, 0.1) is 0 Å². The molecule has 0 fully saturated rings. The zero-order chi connectivity index (χ0) is 16.1. The molecule has 0 radical (unpaired) electrons. The van der Waals surface area contributed by atoms with Gasteiger partial charge in [-0.25, -0.2) is 9.97 Å². The summed E-state index contributed by atoms with van der Waals surface area (Å²) in [5, 5.41) is 3.09. The summed E-state index contributed by atoms with van der Waals surface area (Å²) in [6, 6.07) is 18.1. The molecule has 0 spiro atoms. The Bertz CT molecular complexity index is 1250. The highest BCUT2D eigenvalue weighted by Crippen LogP contribution is 2.28. The Hall–Kier alpha value is -3.27. The van der Waals surface area contributed by atoms with Crippen LogP contribution < -0.4 is 4.74 Å². The van der Waals surface area contributed by atoms with E-state index in [4.69, 9.17) is 14.7 Å². The molecule has 0 aliphatic carbocycles. The number of nitrogens with zero attached hydrogens (tertiary/aromatic N) is 3. The Kier molecular flexibility index (Phi) is 2.67. The number of benzene rings is 2. The van der Waals surface area contributed by atoms with Crippen LogP contribution in [0.3, 0.4) is 0 Å². The van der Waals surface area contributed by atoms with Gasteiger partial charge in [0.05, 0.1) is 23.7 Å². The molecule has 5 rings (SSSR count). The van der Waals surface area contributed by atoms with Crippen molar-refractivity contribution in [3.8, 4) is 5.75 Å². The molecule has 0 saturated heterocycles. The van der Waals surface area contributed by atoms with Gasteiger partial charge in [-0.15, -0.1) is 0 Å². The maximum atomic E-state index is 5.30. The van der Waals surface area contributed by atoms with Crippen LogP contribution >= 0.6 is 0 Å². The van der Waals surface area contributed by atoms with Crippen molar-refractivity contribution in [1.82, 2.24) is 15.0 Å². The monoisotopic (exact) mass is 311 g/mol. The summed E-state index contributed by atoms with van der Waals surface area (Å²) in [7, 11) is 1.67. The van der Waals surface area contributed by atoms with Crippen LogP contribution in [0.2, 0.25) is 0 Å². The number of aromatic nitrogens is 3. The zero-order valence-corrected chi connectivity index (χ0v) is 13.0. The number of ether oxygens (including phenoxy) is 1. The summed E-state index contributed by atoms with van der Waals surface area (Å²) in [6.45, 7) is 0. The number of para-hydroxylation sites is 1. The molecule has 4 heteroatoms. The summed E-state index contributed by atoms with van der Waals surface area (Å²) >= 11 is 0. The van der Waals surface area contributed by atoms with E-state index in [0.29, 0.717) is 0 Å². The van der Waals surface area contributed by atoms with E-state index in [1.54, 1.807) is 7.11 Å². The summed E-state index contributed by atoms with van der Waals surface area (Å²) in [5.74, 6) is 0.821. The van der Waals surface area contributed by atoms with Crippen LogP contribution in [0.15, 0.2) is 60.8 Å². The normalized spacial score (nSPS) is 11.5. The van der Waals surface area contributed by atoms with Gasteiger partial charge in [-0.05, 0) is 36.4 Å². The second-order valence-corrected chi connectivity index (χ2v) is 5.79. The minimum atomic E-state index is 0.821. The van der Waals surface area contributed by atoms with Crippen LogP contribution in [-0.2, 0) is 0 Å². The lowest BCUT2D eigenvalue weighted by molar-refractivity contribution is 0.415. The number of rotatable bonds is 1. The molecule has 0 aliphatic heterocycles.